The largest absolute Gasteiger partial charge is 0.455 e. The lowest BCUT2D eigenvalue weighted by Crippen LogP contribution is -2.10. The molecule has 13 rings (SSSR count). The summed E-state index contributed by atoms with van der Waals surface area (Å²) in [5.41, 5.74) is 15.1. The minimum atomic E-state index is 0.863. The molecule has 3 heteroatoms. The van der Waals surface area contributed by atoms with Crippen molar-refractivity contribution in [3.8, 4) is 39.1 Å². The summed E-state index contributed by atoms with van der Waals surface area (Å²) >= 11 is 0. The van der Waals surface area contributed by atoms with Gasteiger partial charge in [-0.3, -0.25) is 0 Å². The summed E-state index contributed by atoms with van der Waals surface area (Å²) in [5.74, 6) is 0. The first-order chi connectivity index (χ1) is 32.2. The smallest absolute Gasteiger partial charge is 0.143 e. The van der Waals surface area contributed by atoms with Crippen molar-refractivity contribution in [2.45, 2.75) is 0 Å². The van der Waals surface area contributed by atoms with Gasteiger partial charge >= 0.3 is 0 Å². The summed E-state index contributed by atoms with van der Waals surface area (Å²) in [6, 6.07) is 87.7. The summed E-state index contributed by atoms with van der Waals surface area (Å²) in [6.07, 6.45) is 0. The maximum atomic E-state index is 6.89. The molecule has 0 fully saturated rings. The zero-order valence-electron chi connectivity index (χ0n) is 35.4. The Hall–Kier alpha value is -8.66. The fourth-order valence-corrected chi connectivity index (χ4v) is 10.1. The lowest BCUT2D eigenvalue weighted by molar-refractivity contribution is 0.670. The number of rotatable bonds is 7. The third-order valence-corrected chi connectivity index (χ3v) is 13.2. The summed E-state index contributed by atoms with van der Waals surface area (Å²) in [4.78, 5) is 2.39. The van der Waals surface area contributed by atoms with Gasteiger partial charge in [-0.05, 0) is 111 Å². The van der Waals surface area contributed by atoms with Gasteiger partial charge in [0, 0.05) is 49.7 Å². The second-order valence-electron chi connectivity index (χ2n) is 16.9. The average molecular weight is 829 g/mol. The van der Waals surface area contributed by atoms with E-state index in [9.17, 15) is 0 Å². The van der Waals surface area contributed by atoms with Crippen LogP contribution in [0.5, 0.6) is 0 Å². The Morgan fingerprint density at radius 1 is 0.308 bits per heavy atom. The van der Waals surface area contributed by atoms with Crippen molar-refractivity contribution in [1.82, 2.24) is 4.57 Å². The van der Waals surface area contributed by atoms with E-state index in [0.717, 1.165) is 66.8 Å². The number of aromatic nitrogens is 1. The van der Waals surface area contributed by atoms with E-state index in [1.807, 2.05) is 0 Å². The van der Waals surface area contributed by atoms with E-state index in [0.29, 0.717) is 0 Å². The van der Waals surface area contributed by atoms with E-state index in [4.69, 9.17) is 4.42 Å². The van der Waals surface area contributed by atoms with Gasteiger partial charge in [-0.2, -0.15) is 0 Å². The Bertz CT molecular complexity index is 3880. The predicted molar refractivity (Wildman–Crippen MR) is 274 cm³/mol. The van der Waals surface area contributed by atoms with Crippen molar-refractivity contribution >= 4 is 82.4 Å². The highest BCUT2D eigenvalue weighted by Gasteiger charge is 2.23. The molecular formula is C62H40N2O. The quantitative estimate of drug-likeness (QED) is 0.149. The van der Waals surface area contributed by atoms with Crippen molar-refractivity contribution < 1.29 is 4.42 Å². The lowest BCUT2D eigenvalue weighted by Gasteiger charge is -2.27. The van der Waals surface area contributed by atoms with Gasteiger partial charge < -0.3 is 13.9 Å². The molecule has 0 aliphatic rings. The van der Waals surface area contributed by atoms with Crippen molar-refractivity contribution in [2.24, 2.45) is 0 Å². The number of benzene rings is 11. The molecule has 0 atom stereocenters. The van der Waals surface area contributed by atoms with Crippen LogP contribution in [0.15, 0.2) is 247 Å². The first-order valence-electron chi connectivity index (χ1n) is 22.2. The summed E-state index contributed by atoms with van der Waals surface area (Å²) in [5, 5.41) is 9.63. The van der Waals surface area contributed by atoms with Crippen LogP contribution in [0.3, 0.4) is 0 Å². The van der Waals surface area contributed by atoms with Crippen LogP contribution < -0.4 is 4.90 Å². The Labute approximate surface area is 376 Å². The SMILES string of the molecule is c1ccc(-c2ccc(N(c3ccc(-c4ccc5ccc6ccccc6c5c4)cc3)c3cc(-c4ccccc4-n4c5ccccc5c5ccccc54)c4oc5ccccc5c4c3)cc2)cc1. The van der Waals surface area contributed by atoms with Gasteiger partial charge in [-0.1, -0.05) is 176 Å². The highest BCUT2D eigenvalue weighted by atomic mass is 16.3. The second kappa shape index (κ2) is 15.0. The van der Waals surface area contributed by atoms with Crippen LogP contribution in [0.4, 0.5) is 17.1 Å². The standard InChI is InChI=1S/C62H40N2O/c1-2-14-41(15-3-1)42-30-34-47(35-31-42)63(48-36-32-43(33-37-48)46-29-28-45-27-26-44-16-4-5-17-50(44)55(45)38-46)49-39-56(62-57(40-49)54-21-9-13-25-61(54)65-62)53-20-8-12-24-60(53)64-58-22-10-6-18-51(58)52-19-7-11-23-59(52)64/h1-40H. The zero-order chi connectivity index (χ0) is 42.8. The molecule has 304 valence electrons. The molecule has 0 aliphatic carbocycles. The number of nitrogens with zero attached hydrogens (tertiary/aromatic N) is 2. The van der Waals surface area contributed by atoms with E-state index in [1.165, 1.54) is 54.6 Å². The van der Waals surface area contributed by atoms with E-state index in [2.05, 4.69) is 252 Å². The maximum absolute atomic E-state index is 6.89. The Balaban J connectivity index is 1.02. The molecule has 11 aromatic carbocycles. The zero-order valence-corrected chi connectivity index (χ0v) is 35.4. The van der Waals surface area contributed by atoms with Crippen LogP contribution >= 0.6 is 0 Å². The molecule has 0 saturated heterocycles. The highest BCUT2D eigenvalue weighted by molar-refractivity contribution is 6.14. The number of hydrogen-bond acceptors (Lipinski definition) is 2. The topological polar surface area (TPSA) is 21.3 Å². The van der Waals surface area contributed by atoms with Gasteiger partial charge in [0.2, 0.25) is 0 Å². The summed E-state index contributed by atoms with van der Waals surface area (Å²) in [7, 11) is 0. The van der Waals surface area contributed by atoms with Gasteiger partial charge in [0.05, 0.1) is 16.7 Å². The number of hydrogen-bond donors (Lipinski definition) is 0. The molecule has 0 spiro atoms. The van der Waals surface area contributed by atoms with Crippen LogP contribution in [-0.2, 0) is 0 Å². The third kappa shape index (κ3) is 6.12. The predicted octanol–water partition coefficient (Wildman–Crippen LogP) is 17.5. The van der Waals surface area contributed by atoms with Gasteiger partial charge in [0.1, 0.15) is 11.2 Å². The first kappa shape index (κ1) is 36.9. The number of fused-ring (bicyclic) bond motifs is 9. The lowest BCUT2D eigenvalue weighted by atomic mass is 9.96. The van der Waals surface area contributed by atoms with Crippen LogP contribution in [-0.4, -0.2) is 4.57 Å². The van der Waals surface area contributed by atoms with Gasteiger partial charge in [0.25, 0.3) is 0 Å². The maximum Gasteiger partial charge on any atom is 0.143 e. The Morgan fingerprint density at radius 3 is 1.55 bits per heavy atom. The average Bonchev–Trinajstić information content (AvgIpc) is 3.93. The van der Waals surface area contributed by atoms with Crippen molar-refractivity contribution in [3.63, 3.8) is 0 Å². The molecular weight excluding hydrogens is 789 g/mol. The molecule has 2 aromatic heterocycles. The van der Waals surface area contributed by atoms with Crippen molar-refractivity contribution in [1.29, 1.82) is 0 Å². The van der Waals surface area contributed by atoms with Gasteiger partial charge in [-0.15, -0.1) is 0 Å². The van der Waals surface area contributed by atoms with Crippen molar-refractivity contribution in [2.75, 3.05) is 4.90 Å². The van der Waals surface area contributed by atoms with Gasteiger partial charge in [-0.25, -0.2) is 0 Å². The first-order valence-corrected chi connectivity index (χ1v) is 22.2. The molecule has 0 amide bonds. The van der Waals surface area contributed by atoms with Crippen LogP contribution in [0.2, 0.25) is 0 Å². The second-order valence-corrected chi connectivity index (χ2v) is 16.9. The molecule has 0 radical (unpaired) electrons. The summed E-state index contributed by atoms with van der Waals surface area (Å²) < 4.78 is 9.30. The number of para-hydroxylation sites is 4. The molecule has 0 N–H and O–H groups in total. The molecule has 0 aliphatic heterocycles. The Morgan fingerprint density at radius 2 is 0.831 bits per heavy atom. The molecule has 0 saturated carbocycles. The fourth-order valence-electron chi connectivity index (χ4n) is 10.1. The molecule has 0 unspecified atom stereocenters. The molecule has 13 aromatic rings. The number of furan rings is 1. The van der Waals surface area contributed by atoms with E-state index in [-0.39, 0.29) is 0 Å². The fraction of sp³-hybridized carbons (Fsp3) is 0. The highest BCUT2D eigenvalue weighted by Crippen LogP contribution is 2.46. The van der Waals surface area contributed by atoms with E-state index < -0.39 is 0 Å². The van der Waals surface area contributed by atoms with Crippen LogP contribution in [0, 0.1) is 0 Å². The van der Waals surface area contributed by atoms with Crippen LogP contribution in [0.25, 0.3) is 104 Å². The normalized spacial score (nSPS) is 11.7. The Kier molecular flexibility index (Phi) is 8.53. The number of anilines is 3. The minimum absolute atomic E-state index is 0.863. The molecule has 2 heterocycles. The third-order valence-electron chi connectivity index (χ3n) is 13.2. The van der Waals surface area contributed by atoms with E-state index in [1.54, 1.807) is 0 Å². The monoisotopic (exact) mass is 828 g/mol. The molecule has 3 nitrogen and oxygen atoms in total. The molecule has 65 heavy (non-hydrogen) atoms. The summed E-state index contributed by atoms with van der Waals surface area (Å²) in [6.45, 7) is 0. The van der Waals surface area contributed by atoms with Gasteiger partial charge in [0.15, 0.2) is 0 Å². The van der Waals surface area contributed by atoms with Crippen molar-refractivity contribution in [3.05, 3.63) is 243 Å². The minimum Gasteiger partial charge on any atom is -0.455 e. The molecule has 0 bridgehead atoms. The van der Waals surface area contributed by atoms with Crippen LogP contribution in [0.1, 0.15) is 0 Å². The van der Waals surface area contributed by atoms with E-state index >= 15 is 0 Å².